The number of rotatable bonds is 4. The summed E-state index contributed by atoms with van der Waals surface area (Å²) in [6, 6.07) is 7.13. The van der Waals surface area contributed by atoms with Crippen molar-refractivity contribution in [3.8, 4) is 5.75 Å². The molecule has 0 bridgehead atoms. The first-order valence-electron chi connectivity index (χ1n) is 5.75. The van der Waals surface area contributed by atoms with Crippen molar-refractivity contribution in [1.82, 2.24) is 5.32 Å². The number of hydrogen-bond donors (Lipinski definition) is 2. The number of aliphatic hydroxyl groups excluding tert-OH is 1. The highest BCUT2D eigenvalue weighted by Crippen LogP contribution is 2.15. The summed E-state index contributed by atoms with van der Waals surface area (Å²) in [5.41, 5.74) is 0.992. The Kier molecular flexibility index (Phi) is 3.89. The summed E-state index contributed by atoms with van der Waals surface area (Å²) in [7, 11) is -1.50. The molecule has 0 saturated carbocycles. The van der Waals surface area contributed by atoms with Crippen LogP contribution in [0.1, 0.15) is 5.56 Å². The molecule has 2 rings (SSSR count). The molecule has 1 aromatic carbocycles. The van der Waals surface area contributed by atoms with E-state index in [0.717, 1.165) is 11.3 Å². The minimum atomic E-state index is -3.10. The summed E-state index contributed by atoms with van der Waals surface area (Å²) in [6.45, 7) is 0.508. The minimum absolute atomic E-state index is 0.00185. The highest BCUT2D eigenvalue weighted by atomic mass is 32.2. The lowest BCUT2D eigenvalue weighted by Gasteiger charge is -2.15. The third-order valence-electron chi connectivity index (χ3n) is 3.03. The van der Waals surface area contributed by atoms with E-state index in [1.165, 1.54) is 0 Å². The number of hydrogen-bond acceptors (Lipinski definition) is 5. The molecule has 100 valence electrons. The summed E-state index contributed by atoms with van der Waals surface area (Å²) in [5, 5.41) is 12.7. The van der Waals surface area contributed by atoms with E-state index in [1.54, 1.807) is 7.11 Å². The van der Waals surface area contributed by atoms with E-state index in [-0.39, 0.29) is 17.5 Å². The molecule has 1 fully saturated rings. The molecule has 6 heteroatoms. The Balaban J connectivity index is 1.95. The number of ether oxygens (including phenoxy) is 1. The fraction of sp³-hybridized carbons (Fsp3) is 0.500. The fourth-order valence-corrected chi connectivity index (χ4v) is 3.83. The van der Waals surface area contributed by atoms with Crippen LogP contribution in [0.15, 0.2) is 24.3 Å². The molecular formula is C12H17NO4S. The average molecular weight is 271 g/mol. The van der Waals surface area contributed by atoms with Crippen LogP contribution in [-0.4, -0.2) is 44.3 Å². The first-order valence-corrected chi connectivity index (χ1v) is 7.57. The molecule has 1 saturated heterocycles. The third-order valence-corrected chi connectivity index (χ3v) is 4.74. The largest absolute Gasteiger partial charge is 0.497 e. The Labute approximate surface area is 107 Å². The number of nitrogens with one attached hydrogen (secondary N) is 1. The second-order valence-corrected chi connectivity index (χ2v) is 6.64. The SMILES string of the molecule is COc1cccc(CN[C@@H]2CS(=O)(=O)C[C@H]2O)c1. The van der Waals surface area contributed by atoms with Gasteiger partial charge in [0.1, 0.15) is 5.75 Å². The van der Waals surface area contributed by atoms with E-state index in [4.69, 9.17) is 4.74 Å². The molecular weight excluding hydrogens is 254 g/mol. The zero-order valence-corrected chi connectivity index (χ0v) is 11.0. The van der Waals surface area contributed by atoms with Gasteiger partial charge in [0.05, 0.1) is 24.7 Å². The Morgan fingerprint density at radius 3 is 2.83 bits per heavy atom. The molecule has 18 heavy (non-hydrogen) atoms. The maximum absolute atomic E-state index is 11.3. The Hall–Kier alpha value is -1.11. The van der Waals surface area contributed by atoms with Crippen LogP contribution < -0.4 is 10.1 Å². The average Bonchev–Trinajstić information content (AvgIpc) is 2.60. The number of sulfone groups is 1. The van der Waals surface area contributed by atoms with Crippen LogP contribution >= 0.6 is 0 Å². The van der Waals surface area contributed by atoms with Crippen LogP contribution in [0.3, 0.4) is 0 Å². The van der Waals surface area contributed by atoms with Crippen molar-refractivity contribution in [2.45, 2.75) is 18.7 Å². The van der Waals surface area contributed by atoms with E-state index >= 15 is 0 Å². The molecule has 1 aliphatic rings. The third kappa shape index (κ3) is 3.22. The lowest BCUT2D eigenvalue weighted by molar-refractivity contribution is 0.165. The maximum Gasteiger partial charge on any atom is 0.154 e. The molecule has 1 aromatic rings. The van der Waals surface area contributed by atoms with Crippen LogP contribution in [0.4, 0.5) is 0 Å². The van der Waals surface area contributed by atoms with Gasteiger partial charge in [0, 0.05) is 12.6 Å². The zero-order valence-electron chi connectivity index (χ0n) is 10.2. The van der Waals surface area contributed by atoms with Gasteiger partial charge >= 0.3 is 0 Å². The molecule has 0 spiro atoms. The van der Waals surface area contributed by atoms with E-state index < -0.39 is 15.9 Å². The molecule has 1 heterocycles. The van der Waals surface area contributed by atoms with Crippen molar-refractivity contribution in [3.63, 3.8) is 0 Å². The zero-order chi connectivity index (χ0) is 13.2. The smallest absolute Gasteiger partial charge is 0.154 e. The van der Waals surface area contributed by atoms with Gasteiger partial charge in [0.25, 0.3) is 0 Å². The van der Waals surface area contributed by atoms with E-state index in [2.05, 4.69) is 5.32 Å². The molecule has 2 N–H and O–H groups in total. The second-order valence-electron chi connectivity index (χ2n) is 4.48. The lowest BCUT2D eigenvalue weighted by Crippen LogP contribution is -2.38. The number of methoxy groups -OCH3 is 1. The van der Waals surface area contributed by atoms with Gasteiger partial charge in [-0.25, -0.2) is 8.42 Å². The monoisotopic (exact) mass is 271 g/mol. The van der Waals surface area contributed by atoms with E-state index in [0.29, 0.717) is 6.54 Å². The summed E-state index contributed by atoms with van der Waals surface area (Å²) in [6.07, 6.45) is -0.819. The van der Waals surface area contributed by atoms with Crippen molar-refractivity contribution in [3.05, 3.63) is 29.8 Å². The molecule has 0 amide bonds. The van der Waals surface area contributed by atoms with Crippen LogP contribution in [0.2, 0.25) is 0 Å². The van der Waals surface area contributed by atoms with Gasteiger partial charge in [0.2, 0.25) is 0 Å². The first kappa shape index (κ1) is 13.3. The first-order chi connectivity index (χ1) is 8.50. The highest BCUT2D eigenvalue weighted by Gasteiger charge is 2.35. The Morgan fingerprint density at radius 2 is 2.22 bits per heavy atom. The van der Waals surface area contributed by atoms with Gasteiger partial charge in [-0.3, -0.25) is 0 Å². The van der Waals surface area contributed by atoms with Gasteiger partial charge in [-0.2, -0.15) is 0 Å². The summed E-state index contributed by atoms with van der Waals surface area (Å²) in [4.78, 5) is 0. The van der Waals surface area contributed by atoms with Crippen molar-refractivity contribution in [2.24, 2.45) is 0 Å². The minimum Gasteiger partial charge on any atom is -0.497 e. The summed E-state index contributed by atoms with van der Waals surface area (Å²) >= 11 is 0. The number of aliphatic hydroxyl groups is 1. The standard InChI is InChI=1S/C12H17NO4S/c1-17-10-4-2-3-9(5-10)6-13-11-7-18(15,16)8-12(11)14/h2-5,11-14H,6-8H2,1H3/t11-,12-/m1/s1. The van der Waals surface area contributed by atoms with Gasteiger partial charge in [-0.15, -0.1) is 0 Å². The topological polar surface area (TPSA) is 75.6 Å². The molecule has 2 atom stereocenters. The molecule has 1 aliphatic heterocycles. The van der Waals surface area contributed by atoms with Crippen LogP contribution in [0, 0.1) is 0 Å². The van der Waals surface area contributed by atoms with Gasteiger partial charge in [0.15, 0.2) is 9.84 Å². The van der Waals surface area contributed by atoms with Crippen molar-refractivity contribution < 1.29 is 18.3 Å². The molecule has 5 nitrogen and oxygen atoms in total. The van der Waals surface area contributed by atoms with Crippen LogP contribution in [0.25, 0.3) is 0 Å². The Morgan fingerprint density at radius 1 is 1.44 bits per heavy atom. The maximum atomic E-state index is 11.3. The summed E-state index contributed by atoms with van der Waals surface area (Å²) in [5.74, 6) is 0.606. The normalized spacial score (nSPS) is 26.1. The van der Waals surface area contributed by atoms with E-state index in [1.807, 2.05) is 24.3 Å². The van der Waals surface area contributed by atoms with E-state index in [9.17, 15) is 13.5 Å². The highest BCUT2D eigenvalue weighted by molar-refractivity contribution is 7.91. The summed E-state index contributed by atoms with van der Waals surface area (Å²) < 4.78 is 27.8. The predicted octanol–water partition coefficient (Wildman–Crippen LogP) is -0.0573. The molecule has 0 aromatic heterocycles. The molecule has 0 aliphatic carbocycles. The fourth-order valence-electron chi connectivity index (χ4n) is 2.06. The molecule has 0 radical (unpaired) electrons. The van der Waals surface area contributed by atoms with Gasteiger partial charge < -0.3 is 15.2 Å². The Bertz CT molecular complexity index is 515. The van der Waals surface area contributed by atoms with Gasteiger partial charge in [-0.05, 0) is 17.7 Å². The van der Waals surface area contributed by atoms with Crippen molar-refractivity contribution >= 4 is 9.84 Å². The van der Waals surface area contributed by atoms with Crippen LogP contribution in [-0.2, 0) is 16.4 Å². The lowest BCUT2D eigenvalue weighted by atomic mass is 10.1. The van der Waals surface area contributed by atoms with Crippen molar-refractivity contribution in [2.75, 3.05) is 18.6 Å². The second kappa shape index (κ2) is 5.26. The van der Waals surface area contributed by atoms with Crippen LogP contribution in [0.5, 0.6) is 5.75 Å². The van der Waals surface area contributed by atoms with Gasteiger partial charge in [-0.1, -0.05) is 12.1 Å². The molecule has 0 unspecified atom stereocenters. The van der Waals surface area contributed by atoms with Crippen molar-refractivity contribution in [1.29, 1.82) is 0 Å². The predicted molar refractivity (Wildman–Crippen MR) is 68.3 cm³/mol. The number of benzene rings is 1. The quantitative estimate of drug-likeness (QED) is 0.802.